The summed E-state index contributed by atoms with van der Waals surface area (Å²) in [5, 5.41) is 6.28. The average molecular weight is 403 g/mol. The van der Waals surface area contributed by atoms with E-state index in [1.54, 1.807) is 0 Å². The van der Waals surface area contributed by atoms with Crippen LogP contribution >= 0.6 is 0 Å². The van der Waals surface area contributed by atoms with Gasteiger partial charge in [-0.05, 0) is 19.3 Å². The molecule has 1 fully saturated rings. The van der Waals surface area contributed by atoms with Gasteiger partial charge in [0.05, 0.1) is 52.9 Å². The van der Waals surface area contributed by atoms with Crippen LogP contribution in [0.25, 0.3) is 0 Å². The Hall–Kier alpha value is -1.23. The molecular weight excluding hydrogens is 364 g/mol. The number of carbonyl (C=O) groups is 1. The van der Waals surface area contributed by atoms with Crippen molar-refractivity contribution >= 4 is 5.91 Å². The number of rotatable bonds is 20. The summed E-state index contributed by atoms with van der Waals surface area (Å²) in [5.74, 6) is 0.0387. The summed E-state index contributed by atoms with van der Waals surface area (Å²) >= 11 is 0. The first-order chi connectivity index (χ1) is 13.8. The summed E-state index contributed by atoms with van der Waals surface area (Å²) < 4.78 is 21.3. The fourth-order valence-electron chi connectivity index (χ4n) is 2.43. The van der Waals surface area contributed by atoms with E-state index < -0.39 is 0 Å². The number of allylic oxidation sites excluding steroid dienone is 2. The molecule has 0 bridgehead atoms. The molecule has 1 saturated carbocycles. The van der Waals surface area contributed by atoms with E-state index in [9.17, 15) is 4.79 Å². The third-order valence-corrected chi connectivity index (χ3v) is 3.95. The predicted octanol–water partition coefficient (Wildman–Crippen LogP) is -0.496. The van der Waals surface area contributed by atoms with Crippen LogP contribution in [0.15, 0.2) is 11.3 Å². The highest BCUT2D eigenvalue weighted by molar-refractivity contribution is 5.76. The molecule has 0 unspecified atom stereocenters. The van der Waals surface area contributed by atoms with Gasteiger partial charge in [0.15, 0.2) is 0 Å². The van der Waals surface area contributed by atoms with E-state index in [4.69, 9.17) is 30.4 Å². The van der Waals surface area contributed by atoms with Gasteiger partial charge in [0, 0.05) is 38.3 Å². The van der Waals surface area contributed by atoms with Gasteiger partial charge in [-0.15, -0.1) is 0 Å². The molecule has 28 heavy (non-hydrogen) atoms. The molecule has 0 aliphatic heterocycles. The summed E-state index contributed by atoms with van der Waals surface area (Å²) in [6.45, 7) is 6.66. The predicted molar refractivity (Wildman–Crippen MR) is 108 cm³/mol. The van der Waals surface area contributed by atoms with Crippen LogP contribution in [0.4, 0.5) is 0 Å². The van der Waals surface area contributed by atoms with Crippen LogP contribution in [0.3, 0.4) is 0 Å². The Balaban J connectivity index is 1.99. The molecule has 9 heteroatoms. The van der Waals surface area contributed by atoms with Crippen molar-refractivity contribution in [1.29, 1.82) is 0 Å². The van der Waals surface area contributed by atoms with Gasteiger partial charge in [0.1, 0.15) is 0 Å². The number of nitrogens with one attached hydrogen (secondary N) is 2. The Morgan fingerprint density at radius 3 is 1.71 bits per heavy atom. The normalized spacial score (nSPS) is 12.9. The SMILES string of the molecule is NCCOCCOCCNC(=O)CCC(NCCOCCOCCN)=C1CC1. The van der Waals surface area contributed by atoms with Gasteiger partial charge >= 0.3 is 0 Å². The molecule has 0 aromatic carbocycles. The summed E-state index contributed by atoms with van der Waals surface area (Å²) in [6.07, 6.45) is 3.45. The van der Waals surface area contributed by atoms with Crippen LogP contribution in [-0.4, -0.2) is 84.9 Å². The van der Waals surface area contributed by atoms with Gasteiger partial charge in [0.2, 0.25) is 5.91 Å². The van der Waals surface area contributed by atoms with Gasteiger partial charge in [-0.25, -0.2) is 0 Å². The third kappa shape index (κ3) is 14.8. The highest BCUT2D eigenvalue weighted by Crippen LogP contribution is 2.32. The van der Waals surface area contributed by atoms with Crippen molar-refractivity contribution in [2.24, 2.45) is 11.5 Å². The number of hydrogen-bond acceptors (Lipinski definition) is 8. The van der Waals surface area contributed by atoms with E-state index >= 15 is 0 Å². The standard InChI is InChI=1S/C19H38N4O5/c20-5-9-25-13-15-27-11-7-22-18(17-1-2-17)3-4-19(24)23-8-12-28-16-14-26-10-6-21/h22H,1-16,20-21H2,(H,23,24). The zero-order chi connectivity index (χ0) is 20.3. The van der Waals surface area contributed by atoms with Crippen molar-refractivity contribution < 1.29 is 23.7 Å². The second-order valence-corrected chi connectivity index (χ2v) is 6.39. The lowest BCUT2D eigenvalue weighted by molar-refractivity contribution is -0.121. The van der Waals surface area contributed by atoms with Crippen LogP contribution in [-0.2, 0) is 23.7 Å². The minimum absolute atomic E-state index is 0.0387. The van der Waals surface area contributed by atoms with E-state index in [1.165, 1.54) is 11.3 Å². The van der Waals surface area contributed by atoms with E-state index in [0.717, 1.165) is 25.8 Å². The Bertz CT molecular complexity index is 429. The van der Waals surface area contributed by atoms with Crippen molar-refractivity contribution in [3.8, 4) is 0 Å². The molecule has 0 heterocycles. The van der Waals surface area contributed by atoms with Crippen LogP contribution in [0.2, 0.25) is 0 Å². The Kier molecular flexibility index (Phi) is 15.8. The average Bonchev–Trinajstić information content (AvgIpc) is 3.53. The molecule has 1 aliphatic rings. The van der Waals surface area contributed by atoms with Crippen molar-refractivity contribution in [1.82, 2.24) is 10.6 Å². The molecule has 0 radical (unpaired) electrons. The topological polar surface area (TPSA) is 130 Å². The van der Waals surface area contributed by atoms with Crippen LogP contribution in [0, 0.1) is 0 Å². The maximum Gasteiger partial charge on any atom is 0.220 e. The molecule has 0 atom stereocenters. The summed E-state index contributed by atoms with van der Waals surface area (Å²) in [5.41, 5.74) is 13.3. The molecule has 164 valence electrons. The smallest absolute Gasteiger partial charge is 0.220 e. The Morgan fingerprint density at radius 2 is 1.21 bits per heavy atom. The van der Waals surface area contributed by atoms with Crippen molar-refractivity contribution in [3.63, 3.8) is 0 Å². The van der Waals surface area contributed by atoms with E-state index in [-0.39, 0.29) is 5.91 Å². The number of carbonyl (C=O) groups excluding carboxylic acids is 1. The fourth-order valence-corrected chi connectivity index (χ4v) is 2.43. The monoisotopic (exact) mass is 402 g/mol. The number of ether oxygens (including phenoxy) is 4. The van der Waals surface area contributed by atoms with Crippen molar-refractivity contribution in [3.05, 3.63) is 11.3 Å². The van der Waals surface area contributed by atoms with Crippen molar-refractivity contribution in [2.75, 3.05) is 79.0 Å². The van der Waals surface area contributed by atoms with E-state index in [2.05, 4.69) is 10.6 Å². The van der Waals surface area contributed by atoms with E-state index in [0.29, 0.717) is 78.9 Å². The first-order valence-electron chi connectivity index (χ1n) is 10.2. The van der Waals surface area contributed by atoms with Crippen LogP contribution in [0.1, 0.15) is 25.7 Å². The number of hydrogen-bond donors (Lipinski definition) is 4. The van der Waals surface area contributed by atoms with Gasteiger partial charge in [-0.1, -0.05) is 5.57 Å². The van der Waals surface area contributed by atoms with Crippen molar-refractivity contribution in [2.45, 2.75) is 25.7 Å². The molecule has 6 N–H and O–H groups in total. The minimum atomic E-state index is 0.0387. The van der Waals surface area contributed by atoms with Crippen LogP contribution < -0.4 is 22.1 Å². The third-order valence-electron chi connectivity index (χ3n) is 3.95. The van der Waals surface area contributed by atoms with Gasteiger partial charge in [-0.2, -0.15) is 0 Å². The summed E-state index contributed by atoms with van der Waals surface area (Å²) in [6, 6.07) is 0. The Labute approximate surface area is 168 Å². The zero-order valence-corrected chi connectivity index (χ0v) is 17.0. The largest absolute Gasteiger partial charge is 0.386 e. The zero-order valence-electron chi connectivity index (χ0n) is 17.0. The second-order valence-electron chi connectivity index (χ2n) is 6.39. The fraction of sp³-hybridized carbons (Fsp3) is 0.842. The molecule has 9 nitrogen and oxygen atoms in total. The molecule has 0 spiro atoms. The first kappa shape index (κ1) is 24.8. The lowest BCUT2D eigenvalue weighted by Gasteiger charge is -2.12. The highest BCUT2D eigenvalue weighted by Gasteiger charge is 2.18. The summed E-state index contributed by atoms with van der Waals surface area (Å²) in [4.78, 5) is 12.0. The lowest BCUT2D eigenvalue weighted by atomic mass is 10.2. The number of nitrogens with two attached hydrogens (primary N) is 2. The summed E-state index contributed by atoms with van der Waals surface area (Å²) in [7, 11) is 0. The first-order valence-corrected chi connectivity index (χ1v) is 10.2. The number of amides is 1. The quantitative estimate of drug-likeness (QED) is 0.201. The van der Waals surface area contributed by atoms with Crippen LogP contribution in [0.5, 0.6) is 0 Å². The highest BCUT2D eigenvalue weighted by atomic mass is 16.5. The Morgan fingerprint density at radius 1 is 0.714 bits per heavy atom. The van der Waals surface area contributed by atoms with Gasteiger partial charge in [0.25, 0.3) is 0 Å². The molecule has 0 saturated heterocycles. The second kappa shape index (κ2) is 17.8. The molecular formula is C19H38N4O5. The van der Waals surface area contributed by atoms with Gasteiger partial charge < -0.3 is 41.0 Å². The maximum atomic E-state index is 12.0. The lowest BCUT2D eigenvalue weighted by Crippen LogP contribution is -2.28. The van der Waals surface area contributed by atoms with E-state index in [1.807, 2.05) is 0 Å². The minimum Gasteiger partial charge on any atom is -0.386 e. The molecule has 1 amide bonds. The maximum absolute atomic E-state index is 12.0. The molecule has 1 aliphatic carbocycles. The molecule has 0 aromatic heterocycles. The molecule has 1 rings (SSSR count). The van der Waals surface area contributed by atoms with Gasteiger partial charge in [-0.3, -0.25) is 4.79 Å². The molecule has 0 aromatic rings.